The quantitative estimate of drug-likeness (QED) is 0.756. The van der Waals surface area contributed by atoms with Gasteiger partial charge in [0.05, 0.1) is 17.6 Å². The largest absolute Gasteiger partial charge is 0.450 e. The van der Waals surface area contributed by atoms with Gasteiger partial charge in [-0.05, 0) is 30.4 Å². The normalized spacial score (nSPS) is 10.3. The Labute approximate surface area is 143 Å². The van der Waals surface area contributed by atoms with Gasteiger partial charge in [0.15, 0.2) is 0 Å². The van der Waals surface area contributed by atoms with Gasteiger partial charge in [0, 0.05) is 11.9 Å². The van der Waals surface area contributed by atoms with Gasteiger partial charge in [-0.25, -0.2) is 4.79 Å². The van der Waals surface area contributed by atoms with E-state index in [1.54, 1.807) is 6.92 Å². The highest BCUT2D eigenvalue weighted by molar-refractivity contribution is 9.09. The predicted molar refractivity (Wildman–Crippen MR) is 95.1 cm³/mol. The van der Waals surface area contributed by atoms with Gasteiger partial charge in [-0.15, -0.1) is 0 Å². The van der Waals surface area contributed by atoms with Crippen molar-refractivity contribution in [2.24, 2.45) is 0 Å². The van der Waals surface area contributed by atoms with Crippen molar-refractivity contribution < 1.29 is 14.3 Å². The lowest BCUT2D eigenvalue weighted by Gasteiger charge is -2.13. The van der Waals surface area contributed by atoms with Gasteiger partial charge in [-0.3, -0.25) is 10.1 Å². The molecule has 0 aliphatic heterocycles. The van der Waals surface area contributed by atoms with Gasteiger partial charge in [-0.1, -0.05) is 46.3 Å². The molecule has 2 N–H and O–H groups in total. The molecule has 0 heterocycles. The highest BCUT2D eigenvalue weighted by Gasteiger charge is 2.10. The second-order valence-electron chi connectivity index (χ2n) is 4.90. The SMILES string of the molecule is CCOC(=O)Nc1cccc2cccc(CCNC(=O)CBr)c12. The molecule has 6 heteroatoms. The molecule has 0 fully saturated rings. The Kier molecular flexibility index (Phi) is 6.40. The Hall–Kier alpha value is -2.08. The van der Waals surface area contributed by atoms with Gasteiger partial charge in [0.2, 0.25) is 5.91 Å². The molecule has 122 valence electrons. The zero-order valence-corrected chi connectivity index (χ0v) is 14.5. The van der Waals surface area contributed by atoms with Crippen molar-refractivity contribution in [2.45, 2.75) is 13.3 Å². The Balaban J connectivity index is 2.26. The molecule has 0 saturated carbocycles. The van der Waals surface area contributed by atoms with Crippen LogP contribution in [0.3, 0.4) is 0 Å². The smallest absolute Gasteiger partial charge is 0.411 e. The molecule has 0 bridgehead atoms. The lowest BCUT2D eigenvalue weighted by Crippen LogP contribution is -2.26. The third-order valence-electron chi connectivity index (χ3n) is 3.34. The lowest BCUT2D eigenvalue weighted by atomic mass is 10.0. The number of rotatable bonds is 6. The van der Waals surface area contributed by atoms with Gasteiger partial charge < -0.3 is 10.1 Å². The summed E-state index contributed by atoms with van der Waals surface area (Å²) in [5.74, 6) is -0.0462. The molecule has 2 amide bonds. The van der Waals surface area contributed by atoms with Gasteiger partial charge >= 0.3 is 6.09 Å². The molecule has 0 saturated heterocycles. The maximum atomic E-state index is 11.7. The molecule has 5 nitrogen and oxygen atoms in total. The van der Waals surface area contributed by atoms with Crippen LogP contribution in [-0.4, -0.2) is 30.5 Å². The molecule has 2 aromatic carbocycles. The Bertz CT molecular complexity index is 698. The second kappa shape index (κ2) is 8.53. The maximum Gasteiger partial charge on any atom is 0.411 e. The first kappa shape index (κ1) is 17.3. The number of hydrogen-bond acceptors (Lipinski definition) is 3. The molecule has 0 aromatic heterocycles. The molecule has 2 aromatic rings. The summed E-state index contributed by atoms with van der Waals surface area (Å²) < 4.78 is 4.95. The number of anilines is 1. The monoisotopic (exact) mass is 378 g/mol. The van der Waals surface area contributed by atoms with E-state index in [2.05, 4.69) is 26.6 Å². The van der Waals surface area contributed by atoms with E-state index in [0.29, 0.717) is 25.3 Å². The van der Waals surface area contributed by atoms with E-state index in [1.165, 1.54) is 0 Å². The van der Waals surface area contributed by atoms with Crippen molar-refractivity contribution >= 4 is 44.4 Å². The minimum absolute atomic E-state index is 0.0462. The minimum atomic E-state index is -0.470. The fourth-order valence-corrected chi connectivity index (χ4v) is 2.59. The average molecular weight is 379 g/mol. The topological polar surface area (TPSA) is 67.4 Å². The van der Waals surface area contributed by atoms with Crippen LogP contribution in [0.2, 0.25) is 0 Å². The van der Waals surface area contributed by atoms with Crippen LogP contribution in [0.1, 0.15) is 12.5 Å². The third-order valence-corrected chi connectivity index (χ3v) is 3.85. The van der Waals surface area contributed by atoms with Crippen LogP contribution in [0, 0.1) is 0 Å². The number of hydrogen-bond donors (Lipinski definition) is 2. The predicted octanol–water partition coefficient (Wildman–Crippen LogP) is 3.46. The van der Waals surface area contributed by atoms with E-state index in [-0.39, 0.29) is 11.2 Å². The van der Waals surface area contributed by atoms with E-state index < -0.39 is 6.09 Å². The molecule has 23 heavy (non-hydrogen) atoms. The zero-order chi connectivity index (χ0) is 16.7. The van der Waals surface area contributed by atoms with Gasteiger partial charge in [-0.2, -0.15) is 0 Å². The van der Waals surface area contributed by atoms with Crippen molar-refractivity contribution in [3.8, 4) is 0 Å². The van der Waals surface area contributed by atoms with Crippen molar-refractivity contribution in [1.82, 2.24) is 5.32 Å². The summed E-state index contributed by atoms with van der Waals surface area (Å²) >= 11 is 3.12. The summed E-state index contributed by atoms with van der Waals surface area (Å²) in [5, 5.41) is 7.90. The molecule has 2 rings (SSSR count). The van der Waals surface area contributed by atoms with Crippen molar-refractivity contribution in [3.05, 3.63) is 42.0 Å². The molecule has 0 spiro atoms. The summed E-state index contributed by atoms with van der Waals surface area (Å²) in [6.07, 6.45) is 0.208. The van der Waals surface area contributed by atoms with Crippen molar-refractivity contribution in [2.75, 3.05) is 23.8 Å². The van der Waals surface area contributed by atoms with Gasteiger partial charge in [0.1, 0.15) is 0 Å². The first-order valence-corrected chi connectivity index (χ1v) is 8.55. The van der Waals surface area contributed by atoms with E-state index >= 15 is 0 Å². The molecule has 0 unspecified atom stereocenters. The molecule has 0 aliphatic carbocycles. The third kappa shape index (κ3) is 4.69. The second-order valence-corrected chi connectivity index (χ2v) is 5.46. The summed E-state index contributed by atoms with van der Waals surface area (Å²) in [5.41, 5.74) is 1.77. The van der Waals surface area contributed by atoms with Crippen molar-refractivity contribution in [1.29, 1.82) is 0 Å². The first-order valence-electron chi connectivity index (χ1n) is 7.42. The molecule has 0 atom stereocenters. The fourth-order valence-electron chi connectivity index (χ4n) is 2.39. The number of benzene rings is 2. The molecule has 0 aliphatic rings. The number of nitrogens with one attached hydrogen (secondary N) is 2. The van der Waals surface area contributed by atoms with Crippen molar-refractivity contribution in [3.63, 3.8) is 0 Å². The van der Waals surface area contributed by atoms with Crippen LogP contribution < -0.4 is 10.6 Å². The number of amides is 2. The highest BCUT2D eigenvalue weighted by atomic mass is 79.9. The van der Waals surface area contributed by atoms with Crippen LogP contribution in [0.5, 0.6) is 0 Å². The Morgan fingerprint density at radius 2 is 1.91 bits per heavy atom. The Morgan fingerprint density at radius 3 is 2.61 bits per heavy atom. The van der Waals surface area contributed by atoms with E-state index in [9.17, 15) is 9.59 Å². The van der Waals surface area contributed by atoms with E-state index in [4.69, 9.17) is 4.74 Å². The summed E-state index contributed by atoms with van der Waals surface area (Å²) in [6.45, 7) is 2.62. The number of halogens is 1. The fraction of sp³-hybridized carbons (Fsp3) is 0.294. The molecule has 0 radical (unpaired) electrons. The number of fused-ring (bicyclic) bond motifs is 1. The Morgan fingerprint density at radius 1 is 1.17 bits per heavy atom. The first-order chi connectivity index (χ1) is 11.2. The maximum absolute atomic E-state index is 11.7. The lowest BCUT2D eigenvalue weighted by molar-refractivity contribution is -0.118. The standard InChI is InChI=1S/C17H19BrN2O3/c1-2-23-17(22)20-14-8-4-7-12-5-3-6-13(16(12)14)9-10-19-15(21)11-18/h3-8H,2,9-11H2,1H3,(H,19,21)(H,20,22). The minimum Gasteiger partial charge on any atom is -0.450 e. The number of alkyl halides is 1. The summed E-state index contributed by atoms with van der Waals surface area (Å²) in [7, 11) is 0. The molecular weight excluding hydrogens is 360 g/mol. The van der Waals surface area contributed by atoms with Crippen LogP contribution in [0.15, 0.2) is 36.4 Å². The number of ether oxygens (including phenoxy) is 1. The van der Waals surface area contributed by atoms with Crippen LogP contribution >= 0.6 is 15.9 Å². The van der Waals surface area contributed by atoms with E-state index in [0.717, 1.165) is 16.3 Å². The van der Waals surface area contributed by atoms with Crippen LogP contribution in [0.4, 0.5) is 10.5 Å². The average Bonchev–Trinajstić information content (AvgIpc) is 2.55. The van der Waals surface area contributed by atoms with E-state index in [1.807, 2.05) is 36.4 Å². The summed E-state index contributed by atoms with van der Waals surface area (Å²) in [6, 6.07) is 11.7. The summed E-state index contributed by atoms with van der Waals surface area (Å²) in [4.78, 5) is 23.0. The van der Waals surface area contributed by atoms with Gasteiger partial charge in [0.25, 0.3) is 0 Å². The zero-order valence-electron chi connectivity index (χ0n) is 12.9. The molecular formula is C17H19BrN2O3. The number of carbonyl (C=O) groups is 2. The highest BCUT2D eigenvalue weighted by Crippen LogP contribution is 2.27. The van der Waals surface area contributed by atoms with Crippen LogP contribution in [-0.2, 0) is 16.0 Å². The number of carbonyl (C=O) groups excluding carboxylic acids is 2. The van der Waals surface area contributed by atoms with Crippen LogP contribution in [0.25, 0.3) is 10.8 Å².